The zero-order valence-corrected chi connectivity index (χ0v) is 14.6. The van der Waals surface area contributed by atoms with Crippen LogP contribution in [0.15, 0.2) is 0 Å². The molecule has 1 saturated heterocycles. The van der Waals surface area contributed by atoms with Crippen molar-refractivity contribution < 1.29 is 14.6 Å². The lowest BCUT2D eigenvalue weighted by atomic mass is 10.00. The molecular weight excluding hydrogens is 294 g/mol. The highest BCUT2D eigenvalue weighted by Gasteiger charge is 2.50. The number of hydrogen-bond donors (Lipinski definition) is 1. The number of carbonyl (C=O) groups is 1. The molecular formula is C14H27NO3S2. The molecule has 0 radical (unpaired) electrons. The molecule has 0 bridgehead atoms. The Morgan fingerprint density at radius 2 is 1.90 bits per heavy atom. The van der Waals surface area contributed by atoms with Crippen LogP contribution in [-0.2, 0) is 9.53 Å². The highest BCUT2D eigenvalue weighted by Crippen LogP contribution is 2.51. The van der Waals surface area contributed by atoms with Crippen molar-refractivity contribution in [3.8, 4) is 0 Å². The van der Waals surface area contributed by atoms with Crippen molar-refractivity contribution in [2.75, 3.05) is 31.7 Å². The first-order valence-corrected chi connectivity index (χ1v) is 9.22. The first-order chi connectivity index (χ1) is 9.42. The lowest BCUT2D eigenvalue weighted by molar-refractivity contribution is -0.133. The van der Waals surface area contributed by atoms with Gasteiger partial charge in [0.25, 0.3) is 0 Å². The second kappa shape index (κ2) is 7.92. The van der Waals surface area contributed by atoms with E-state index < -0.39 is 9.87 Å². The molecule has 1 atom stereocenters. The van der Waals surface area contributed by atoms with Gasteiger partial charge in [-0.15, -0.1) is 23.5 Å². The van der Waals surface area contributed by atoms with E-state index in [0.717, 1.165) is 31.0 Å². The van der Waals surface area contributed by atoms with Crippen LogP contribution >= 0.6 is 23.5 Å². The van der Waals surface area contributed by atoms with Crippen LogP contribution in [0.2, 0.25) is 0 Å². The molecule has 6 heteroatoms. The smallest absolute Gasteiger partial charge is 0.222 e. The number of nitrogens with zero attached hydrogens (tertiary/aromatic N) is 1. The van der Waals surface area contributed by atoms with Crippen molar-refractivity contribution in [1.82, 2.24) is 4.90 Å². The molecule has 0 aromatic carbocycles. The SMILES string of the molecule is CCN(CC)C(=O)CCC(C)(O)C1(OC)SCCCS1. The monoisotopic (exact) mass is 321 g/mol. The maximum absolute atomic E-state index is 12.1. The fourth-order valence-electron chi connectivity index (χ4n) is 2.40. The number of carbonyl (C=O) groups excluding carboxylic acids is 1. The number of ether oxygens (including phenoxy) is 1. The second-order valence-electron chi connectivity index (χ2n) is 5.15. The first-order valence-electron chi connectivity index (χ1n) is 7.25. The summed E-state index contributed by atoms with van der Waals surface area (Å²) >= 11 is 3.31. The molecule has 1 rings (SSSR count). The Bertz CT molecular complexity index is 314. The summed E-state index contributed by atoms with van der Waals surface area (Å²) in [6.07, 6.45) is 1.92. The topological polar surface area (TPSA) is 49.8 Å². The normalized spacial score (nSPS) is 21.2. The van der Waals surface area contributed by atoms with E-state index in [1.165, 1.54) is 0 Å². The van der Waals surface area contributed by atoms with Gasteiger partial charge in [0.2, 0.25) is 5.91 Å². The van der Waals surface area contributed by atoms with Gasteiger partial charge in [-0.1, -0.05) is 0 Å². The zero-order chi connectivity index (χ0) is 15.2. The van der Waals surface area contributed by atoms with Gasteiger partial charge in [0, 0.05) is 26.6 Å². The Balaban J connectivity index is 2.65. The third-order valence-electron chi connectivity index (χ3n) is 3.74. The maximum Gasteiger partial charge on any atom is 0.222 e. The predicted octanol–water partition coefficient (Wildman–Crippen LogP) is 2.56. The molecule has 0 spiro atoms. The number of amides is 1. The minimum absolute atomic E-state index is 0.104. The average molecular weight is 322 g/mol. The molecule has 118 valence electrons. The number of hydrogen-bond acceptors (Lipinski definition) is 5. The Morgan fingerprint density at radius 3 is 2.35 bits per heavy atom. The Morgan fingerprint density at radius 1 is 1.35 bits per heavy atom. The van der Waals surface area contributed by atoms with E-state index in [1.54, 1.807) is 42.5 Å². The minimum atomic E-state index is -1.01. The van der Waals surface area contributed by atoms with Crippen molar-refractivity contribution in [2.24, 2.45) is 0 Å². The fourth-order valence-corrected chi connectivity index (χ4v) is 5.59. The van der Waals surface area contributed by atoms with Crippen molar-refractivity contribution in [3.05, 3.63) is 0 Å². The van der Waals surface area contributed by atoms with Crippen molar-refractivity contribution in [3.63, 3.8) is 0 Å². The molecule has 1 aliphatic rings. The average Bonchev–Trinajstić information content (AvgIpc) is 2.47. The van der Waals surface area contributed by atoms with Crippen molar-refractivity contribution in [1.29, 1.82) is 0 Å². The van der Waals surface area contributed by atoms with Gasteiger partial charge >= 0.3 is 0 Å². The van der Waals surface area contributed by atoms with Crippen LogP contribution in [0.25, 0.3) is 0 Å². The molecule has 1 heterocycles. The number of thioether (sulfide) groups is 2. The molecule has 0 aliphatic carbocycles. The molecule has 1 N–H and O–H groups in total. The van der Waals surface area contributed by atoms with Gasteiger partial charge in [-0.3, -0.25) is 4.79 Å². The van der Waals surface area contributed by atoms with Crippen molar-refractivity contribution in [2.45, 2.75) is 49.9 Å². The van der Waals surface area contributed by atoms with E-state index in [9.17, 15) is 9.90 Å². The van der Waals surface area contributed by atoms with Crippen LogP contribution in [0.3, 0.4) is 0 Å². The summed E-state index contributed by atoms with van der Waals surface area (Å²) in [6.45, 7) is 7.18. The van der Waals surface area contributed by atoms with Gasteiger partial charge in [0.15, 0.2) is 4.27 Å². The summed E-state index contributed by atoms with van der Waals surface area (Å²) in [5.74, 6) is 2.08. The molecule has 0 aromatic heterocycles. The Hall–Kier alpha value is 0.0900. The largest absolute Gasteiger partial charge is 0.385 e. The maximum atomic E-state index is 12.1. The van der Waals surface area contributed by atoms with Gasteiger partial charge < -0.3 is 14.7 Å². The van der Waals surface area contributed by atoms with E-state index in [2.05, 4.69) is 0 Å². The van der Waals surface area contributed by atoms with Gasteiger partial charge in [0.05, 0.1) is 0 Å². The molecule has 0 aromatic rings. The van der Waals surface area contributed by atoms with E-state index in [4.69, 9.17) is 4.74 Å². The summed E-state index contributed by atoms with van der Waals surface area (Å²) in [4.78, 5) is 13.9. The van der Waals surface area contributed by atoms with Gasteiger partial charge in [-0.05, 0) is 45.1 Å². The number of rotatable bonds is 7. The summed E-state index contributed by atoms with van der Waals surface area (Å²) in [7, 11) is 1.64. The highest BCUT2D eigenvalue weighted by molar-refractivity contribution is 8.18. The summed E-state index contributed by atoms with van der Waals surface area (Å²) < 4.78 is 5.00. The molecule has 20 heavy (non-hydrogen) atoms. The van der Waals surface area contributed by atoms with Gasteiger partial charge in [0.1, 0.15) is 5.60 Å². The molecule has 1 unspecified atom stereocenters. The minimum Gasteiger partial charge on any atom is -0.385 e. The number of aliphatic hydroxyl groups is 1. The van der Waals surface area contributed by atoms with Crippen LogP contribution in [0.4, 0.5) is 0 Å². The van der Waals surface area contributed by atoms with Crippen LogP contribution < -0.4 is 0 Å². The van der Waals surface area contributed by atoms with Crippen LogP contribution in [0, 0.1) is 0 Å². The standard InChI is InChI=1S/C14H27NO3S2/c1-5-15(6-2)12(16)8-9-13(3,17)14(18-4)19-10-7-11-20-14/h17H,5-11H2,1-4H3. The summed E-state index contributed by atoms with van der Waals surface area (Å²) in [5.41, 5.74) is -1.01. The molecule has 4 nitrogen and oxygen atoms in total. The zero-order valence-electron chi connectivity index (χ0n) is 13.0. The first kappa shape index (κ1) is 18.1. The Labute approximate surface area is 131 Å². The van der Waals surface area contributed by atoms with E-state index >= 15 is 0 Å². The number of methoxy groups -OCH3 is 1. The highest BCUT2D eigenvalue weighted by atomic mass is 32.2. The third kappa shape index (κ3) is 4.06. The Kier molecular flexibility index (Phi) is 7.18. The lowest BCUT2D eigenvalue weighted by Crippen LogP contribution is -2.51. The van der Waals surface area contributed by atoms with E-state index in [-0.39, 0.29) is 5.91 Å². The molecule has 0 saturated carbocycles. The quantitative estimate of drug-likeness (QED) is 0.781. The van der Waals surface area contributed by atoms with Crippen LogP contribution in [-0.4, -0.2) is 57.5 Å². The summed E-state index contributed by atoms with van der Waals surface area (Å²) in [6, 6.07) is 0. The third-order valence-corrected chi connectivity index (χ3v) is 7.41. The summed E-state index contributed by atoms with van der Waals surface area (Å²) in [5, 5.41) is 10.8. The molecule has 1 fully saturated rings. The fraction of sp³-hybridized carbons (Fsp3) is 0.929. The second-order valence-corrected chi connectivity index (χ2v) is 7.95. The predicted molar refractivity (Wildman–Crippen MR) is 87.1 cm³/mol. The van der Waals surface area contributed by atoms with Crippen LogP contribution in [0.5, 0.6) is 0 Å². The van der Waals surface area contributed by atoms with Gasteiger partial charge in [-0.2, -0.15) is 0 Å². The van der Waals surface area contributed by atoms with E-state index in [0.29, 0.717) is 12.8 Å². The van der Waals surface area contributed by atoms with E-state index in [1.807, 2.05) is 13.8 Å². The molecule has 1 amide bonds. The van der Waals surface area contributed by atoms with Crippen molar-refractivity contribution >= 4 is 29.4 Å². The lowest BCUT2D eigenvalue weighted by Gasteiger charge is -2.45. The van der Waals surface area contributed by atoms with Gasteiger partial charge in [-0.25, -0.2) is 0 Å². The molecule has 1 aliphatic heterocycles. The van der Waals surface area contributed by atoms with Crippen LogP contribution in [0.1, 0.15) is 40.0 Å².